The third kappa shape index (κ3) is 5.07. The smallest absolute Gasteiger partial charge is 0.0998 e. The summed E-state index contributed by atoms with van der Waals surface area (Å²) in [5.41, 5.74) is 0.429. The number of unbranched alkanes of at least 4 members (excludes halogenated alkanes) is 8. The van der Waals surface area contributed by atoms with Crippen LogP contribution >= 0.6 is 0 Å². The van der Waals surface area contributed by atoms with Crippen molar-refractivity contribution in [2.45, 2.75) is 96.6 Å². The Bertz CT molecular complexity index is 203. The summed E-state index contributed by atoms with van der Waals surface area (Å²) in [6, 6.07) is 0. The Labute approximate surface area is 121 Å². The SMILES string of the molecule is CCCCCCCC1(CCCCCCC)N(C)N1C. The van der Waals surface area contributed by atoms with Gasteiger partial charge in [0.15, 0.2) is 0 Å². The van der Waals surface area contributed by atoms with Gasteiger partial charge >= 0.3 is 0 Å². The molecule has 2 atom stereocenters. The van der Waals surface area contributed by atoms with Crippen LogP contribution in [-0.2, 0) is 0 Å². The molecular weight excluding hydrogens is 232 g/mol. The third-order valence-electron chi connectivity index (χ3n) is 4.98. The number of hydrazine groups is 1. The van der Waals surface area contributed by atoms with E-state index in [0.29, 0.717) is 5.66 Å². The van der Waals surface area contributed by atoms with Gasteiger partial charge in [-0.25, -0.2) is 10.0 Å². The summed E-state index contributed by atoms with van der Waals surface area (Å²) < 4.78 is 0. The van der Waals surface area contributed by atoms with E-state index in [-0.39, 0.29) is 0 Å². The second-order valence-corrected chi connectivity index (χ2v) is 6.36. The lowest BCUT2D eigenvalue weighted by molar-refractivity contribution is 0.371. The van der Waals surface area contributed by atoms with Crippen molar-refractivity contribution in [3.05, 3.63) is 0 Å². The Kier molecular flexibility index (Phi) is 8.01. The van der Waals surface area contributed by atoms with Crippen LogP contribution in [0.25, 0.3) is 0 Å². The molecule has 2 nitrogen and oxygen atoms in total. The van der Waals surface area contributed by atoms with E-state index in [9.17, 15) is 0 Å². The number of nitrogens with zero attached hydrogens (tertiary/aromatic N) is 2. The molecule has 0 amide bonds. The van der Waals surface area contributed by atoms with Gasteiger partial charge in [-0.15, -0.1) is 0 Å². The fraction of sp³-hybridized carbons (Fsp3) is 1.00. The van der Waals surface area contributed by atoms with E-state index in [2.05, 4.69) is 38.0 Å². The molecule has 0 aromatic carbocycles. The second kappa shape index (κ2) is 8.97. The molecule has 0 saturated carbocycles. The molecule has 0 N–H and O–H groups in total. The van der Waals surface area contributed by atoms with Gasteiger partial charge in [-0.3, -0.25) is 0 Å². The number of hydrogen-bond acceptors (Lipinski definition) is 2. The molecule has 1 aliphatic rings. The van der Waals surface area contributed by atoms with Crippen LogP contribution in [0.5, 0.6) is 0 Å². The highest BCUT2D eigenvalue weighted by molar-refractivity contribution is 4.97. The maximum absolute atomic E-state index is 2.46. The first-order valence-electron chi connectivity index (χ1n) is 8.66. The maximum atomic E-state index is 2.46. The highest BCUT2D eigenvalue weighted by atomic mass is 15.9. The van der Waals surface area contributed by atoms with E-state index in [4.69, 9.17) is 0 Å². The summed E-state index contributed by atoms with van der Waals surface area (Å²) >= 11 is 0. The summed E-state index contributed by atoms with van der Waals surface area (Å²) in [5, 5.41) is 4.93. The molecular formula is C17H36N2. The molecule has 0 spiro atoms. The van der Waals surface area contributed by atoms with Gasteiger partial charge in [0.2, 0.25) is 0 Å². The Hall–Kier alpha value is -0.0800. The molecule has 1 rings (SSSR count). The summed E-state index contributed by atoms with van der Waals surface area (Å²) in [7, 11) is 4.52. The Morgan fingerprint density at radius 1 is 0.579 bits per heavy atom. The van der Waals surface area contributed by atoms with Crippen LogP contribution in [0.3, 0.4) is 0 Å². The van der Waals surface area contributed by atoms with Crippen LogP contribution < -0.4 is 0 Å². The molecule has 2 unspecified atom stereocenters. The van der Waals surface area contributed by atoms with E-state index in [1.54, 1.807) is 0 Å². The second-order valence-electron chi connectivity index (χ2n) is 6.36. The maximum Gasteiger partial charge on any atom is 0.0998 e. The van der Waals surface area contributed by atoms with Gasteiger partial charge < -0.3 is 0 Å². The Morgan fingerprint density at radius 2 is 0.947 bits per heavy atom. The van der Waals surface area contributed by atoms with Gasteiger partial charge in [0.05, 0.1) is 5.66 Å². The Balaban J connectivity index is 2.16. The lowest BCUT2D eigenvalue weighted by Gasteiger charge is -2.14. The zero-order valence-electron chi connectivity index (χ0n) is 13.9. The van der Waals surface area contributed by atoms with E-state index in [1.165, 1.54) is 77.0 Å². The van der Waals surface area contributed by atoms with Gasteiger partial charge in [-0.05, 0) is 12.8 Å². The molecule has 1 aliphatic heterocycles. The van der Waals surface area contributed by atoms with Crippen LogP contribution in [0.1, 0.15) is 90.9 Å². The van der Waals surface area contributed by atoms with Crippen LogP contribution in [0.4, 0.5) is 0 Å². The summed E-state index contributed by atoms with van der Waals surface area (Å²) in [6.07, 6.45) is 16.8. The number of rotatable bonds is 12. The predicted octanol–water partition coefficient (Wildman–Crippen LogP) is 5.20. The molecule has 0 radical (unpaired) electrons. The normalized spacial score (nSPS) is 24.6. The molecule has 1 saturated heterocycles. The van der Waals surface area contributed by atoms with Crippen molar-refractivity contribution in [3.8, 4) is 0 Å². The quantitative estimate of drug-likeness (QED) is 0.354. The van der Waals surface area contributed by atoms with Crippen molar-refractivity contribution < 1.29 is 0 Å². The highest BCUT2D eigenvalue weighted by Crippen LogP contribution is 2.44. The lowest BCUT2D eigenvalue weighted by atomic mass is 9.97. The molecule has 0 aliphatic carbocycles. The first kappa shape index (κ1) is 17.0. The zero-order valence-corrected chi connectivity index (χ0v) is 13.9. The highest BCUT2D eigenvalue weighted by Gasteiger charge is 2.54. The fourth-order valence-electron chi connectivity index (χ4n) is 3.34. The zero-order chi connectivity index (χ0) is 14.1. The average molecular weight is 268 g/mol. The van der Waals surface area contributed by atoms with Crippen LogP contribution in [0.15, 0.2) is 0 Å². The molecule has 114 valence electrons. The van der Waals surface area contributed by atoms with Gasteiger partial charge in [-0.1, -0.05) is 78.1 Å². The van der Waals surface area contributed by atoms with Crippen LogP contribution in [-0.4, -0.2) is 29.8 Å². The largest absolute Gasteiger partial charge is 0.222 e. The minimum absolute atomic E-state index is 0.429. The monoisotopic (exact) mass is 268 g/mol. The fourth-order valence-corrected chi connectivity index (χ4v) is 3.34. The Morgan fingerprint density at radius 3 is 1.26 bits per heavy atom. The molecule has 2 heteroatoms. The summed E-state index contributed by atoms with van der Waals surface area (Å²) in [5.74, 6) is 0. The predicted molar refractivity (Wildman–Crippen MR) is 85.0 cm³/mol. The summed E-state index contributed by atoms with van der Waals surface area (Å²) in [6.45, 7) is 4.58. The van der Waals surface area contributed by atoms with Gasteiger partial charge in [0.1, 0.15) is 0 Å². The first-order chi connectivity index (χ1) is 9.19. The van der Waals surface area contributed by atoms with Gasteiger partial charge in [0.25, 0.3) is 0 Å². The number of hydrogen-bond donors (Lipinski definition) is 0. The molecule has 0 bridgehead atoms. The molecule has 0 aromatic rings. The van der Waals surface area contributed by atoms with Crippen molar-refractivity contribution >= 4 is 0 Å². The molecule has 19 heavy (non-hydrogen) atoms. The summed E-state index contributed by atoms with van der Waals surface area (Å²) in [4.78, 5) is 0. The van der Waals surface area contributed by atoms with Crippen molar-refractivity contribution in [2.24, 2.45) is 0 Å². The van der Waals surface area contributed by atoms with E-state index >= 15 is 0 Å². The molecule has 1 heterocycles. The van der Waals surface area contributed by atoms with Crippen LogP contribution in [0, 0.1) is 0 Å². The van der Waals surface area contributed by atoms with Crippen molar-refractivity contribution in [2.75, 3.05) is 14.1 Å². The van der Waals surface area contributed by atoms with Gasteiger partial charge in [-0.2, -0.15) is 0 Å². The van der Waals surface area contributed by atoms with Crippen LogP contribution in [0.2, 0.25) is 0 Å². The standard InChI is InChI=1S/C17H36N2/c1-5-7-9-11-13-15-17(18(3)19(17)4)16-14-12-10-8-6-2/h5-16H2,1-4H3. The van der Waals surface area contributed by atoms with E-state index < -0.39 is 0 Å². The topological polar surface area (TPSA) is 6.02 Å². The van der Waals surface area contributed by atoms with E-state index in [0.717, 1.165) is 0 Å². The lowest BCUT2D eigenvalue weighted by Crippen LogP contribution is -2.18. The molecule has 1 fully saturated rings. The van der Waals surface area contributed by atoms with Gasteiger partial charge in [0, 0.05) is 14.1 Å². The van der Waals surface area contributed by atoms with Crippen molar-refractivity contribution in [1.29, 1.82) is 0 Å². The average Bonchev–Trinajstić information content (AvgIpc) is 2.92. The molecule has 0 aromatic heterocycles. The third-order valence-corrected chi connectivity index (χ3v) is 4.98. The van der Waals surface area contributed by atoms with Crippen molar-refractivity contribution in [3.63, 3.8) is 0 Å². The minimum Gasteiger partial charge on any atom is -0.222 e. The van der Waals surface area contributed by atoms with Crippen molar-refractivity contribution in [1.82, 2.24) is 10.0 Å². The minimum atomic E-state index is 0.429. The first-order valence-corrected chi connectivity index (χ1v) is 8.66. The van der Waals surface area contributed by atoms with E-state index in [1.807, 2.05) is 0 Å².